The highest BCUT2D eigenvalue weighted by Crippen LogP contribution is 2.62. The van der Waals surface area contributed by atoms with Crippen molar-refractivity contribution in [1.82, 2.24) is 14.0 Å². The molecule has 0 atom stereocenters. The van der Waals surface area contributed by atoms with E-state index in [-0.39, 0.29) is 0 Å². The van der Waals surface area contributed by atoms with Crippen molar-refractivity contribution in [3.05, 3.63) is 0 Å². The Hall–Kier alpha value is 0.370. The molecule has 0 unspecified atom stereocenters. The molecule has 23 heavy (non-hydrogen) atoms. The van der Waals surface area contributed by atoms with Crippen molar-refractivity contribution in [2.24, 2.45) is 0 Å². The summed E-state index contributed by atoms with van der Waals surface area (Å²) in [4.78, 5) is 0. The Balaban J connectivity index is 1.55. The van der Waals surface area contributed by atoms with Gasteiger partial charge in [-0.25, -0.2) is 14.0 Å². The number of rotatable bonds is 3. The van der Waals surface area contributed by atoms with E-state index in [1.54, 1.807) is 0 Å². The van der Waals surface area contributed by atoms with Gasteiger partial charge in [-0.05, 0) is 11.8 Å². The van der Waals surface area contributed by atoms with Crippen LogP contribution in [0.2, 0.25) is 0 Å². The molecule has 0 saturated carbocycles. The summed E-state index contributed by atoms with van der Waals surface area (Å²) >= 11 is 6.14. The van der Waals surface area contributed by atoms with Gasteiger partial charge in [-0.3, -0.25) is 0 Å². The quantitative estimate of drug-likeness (QED) is 0.520. The first-order valence-electron chi connectivity index (χ1n) is 8.49. The maximum atomic E-state index is 6.14. The van der Waals surface area contributed by atoms with Crippen LogP contribution in [0.1, 0.15) is 0 Å². The highest BCUT2D eigenvalue weighted by atomic mass is 32.4. The third-order valence-corrected chi connectivity index (χ3v) is 9.55. The molecule has 0 aromatic heterocycles. The zero-order valence-corrected chi connectivity index (χ0v) is 15.4. The topological polar surface area (TPSA) is 46.2 Å². The molecule has 3 fully saturated rings. The molecule has 0 amide bonds. The van der Waals surface area contributed by atoms with E-state index in [1.165, 1.54) is 0 Å². The summed E-state index contributed by atoms with van der Waals surface area (Å²) in [5.41, 5.74) is 0. The van der Waals surface area contributed by atoms with E-state index in [4.69, 9.17) is 30.8 Å². The van der Waals surface area contributed by atoms with Crippen LogP contribution in [0.5, 0.6) is 0 Å². The van der Waals surface area contributed by atoms with Crippen LogP contribution in [0.4, 0.5) is 0 Å². The second kappa shape index (κ2) is 9.17. The maximum absolute atomic E-state index is 6.14. The molecule has 0 aromatic carbocycles. The summed E-state index contributed by atoms with van der Waals surface area (Å²) in [6, 6.07) is 0. The molecule has 3 rings (SSSR count). The molecule has 3 heterocycles. The van der Waals surface area contributed by atoms with Crippen LogP contribution < -0.4 is 0 Å². The second-order valence-corrected chi connectivity index (χ2v) is 10.0. The first kappa shape index (κ1) is 18.2. The summed E-state index contributed by atoms with van der Waals surface area (Å²) in [5, 5.41) is 0. The van der Waals surface area contributed by atoms with Crippen molar-refractivity contribution in [1.29, 1.82) is 0 Å². The summed E-state index contributed by atoms with van der Waals surface area (Å²) in [6.45, 7) is 9.62. The third kappa shape index (κ3) is 5.42. The lowest BCUT2D eigenvalue weighted by atomic mass is 10.6. The molecule has 3 aliphatic rings. The minimum atomic E-state index is -1.74. The zero-order valence-electron chi connectivity index (χ0n) is 13.7. The molecule has 0 aromatic rings. The van der Waals surface area contributed by atoms with Gasteiger partial charge in [0.1, 0.15) is 6.49 Å². The Bertz CT molecular complexity index is 377. The Morgan fingerprint density at radius 1 is 0.478 bits per heavy atom. The molecule has 3 aliphatic heterocycles. The Morgan fingerprint density at radius 3 is 1.13 bits per heavy atom. The van der Waals surface area contributed by atoms with E-state index in [1.807, 2.05) is 0 Å². The van der Waals surface area contributed by atoms with E-state index >= 15 is 0 Å². The fourth-order valence-electron chi connectivity index (χ4n) is 2.62. The SMILES string of the molecule is S=P(N1CCOCCOCCOCCOCC1)(N1CC1)N1CC1. The molecule has 0 radical (unpaired) electrons. The Morgan fingerprint density at radius 2 is 0.783 bits per heavy atom. The molecule has 9 heteroatoms. The molecule has 0 aliphatic carbocycles. The molecule has 0 spiro atoms. The first-order valence-corrected chi connectivity index (χ1v) is 11.1. The predicted octanol–water partition coefficient (Wildman–Crippen LogP) is 0.224. The lowest BCUT2D eigenvalue weighted by molar-refractivity contribution is 0.00206. The lowest BCUT2D eigenvalue weighted by Crippen LogP contribution is -2.33. The monoisotopic (exact) mass is 365 g/mol. The first-order chi connectivity index (χ1) is 11.3. The molecule has 7 nitrogen and oxygen atoms in total. The van der Waals surface area contributed by atoms with Gasteiger partial charge in [0.2, 0.25) is 0 Å². The predicted molar refractivity (Wildman–Crippen MR) is 92.3 cm³/mol. The second-order valence-electron chi connectivity index (χ2n) is 5.82. The van der Waals surface area contributed by atoms with E-state index in [9.17, 15) is 0 Å². The van der Waals surface area contributed by atoms with Crippen molar-refractivity contribution in [2.75, 3.05) is 92.1 Å². The van der Waals surface area contributed by atoms with Gasteiger partial charge in [0.05, 0.1) is 52.9 Å². The normalized spacial score (nSPS) is 28.0. The van der Waals surface area contributed by atoms with Gasteiger partial charge in [0.25, 0.3) is 0 Å². The van der Waals surface area contributed by atoms with Gasteiger partial charge in [-0.15, -0.1) is 0 Å². The average Bonchev–Trinajstić information content (AvgIpc) is 3.42. The van der Waals surface area contributed by atoms with Crippen LogP contribution in [0.25, 0.3) is 0 Å². The fourth-order valence-corrected chi connectivity index (χ4v) is 7.07. The van der Waals surface area contributed by atoms with Crippen LogP contribution in [-0.4, -0.2) is 106 Å². The van der Waals surface area contributed by atoms with Gasteiger partial charge in [-0.1, -0.05) is 0 Å². The van der Waals surface area contributed by atoms with Gasteiger partial charge in [0, 0.05) is 39.3 Å². The summed E-state index contributed by atoms with van der Waals surface area (Å²) in [6.07, 6.45) is 0. The van der Waals surface area contributed by atoms with Crippen LogP contribution in [-0.2, 0) is 30.8 Å². The van der Waals surface area contributed by atoms with Crippen LogP contribution in [0.3, 0.4) is 0 Å². The number of nitrogens with zero attached hydrogens (tertiary/aromatic N) is 3. The zero-order chi connectivity index (χ0) is 16.0. The van der Waals surface area contributed by atoms with Gasteiger partial charge in [-0.2, -0.15) is 0 Å². The minimum absolute atomic E-state index is 0.611. The molecular formula is C14H28N3O4PS. The molecule has 3 saturated heterocycles. The van der Waals surface area contributed by atoms with Crippen molar-refractivity contribution in [3.63, 3.8) is 0 Å². The number of hydrogen-bond acceptors (Lipinski definition) is 5. The maximum Gasteiger partial charge on any atom is 0.145 e. The van der Waals surface area contributed by atoms with Crippen LogP contribution in [0, 0.1) is 0 Å². The Kier molecular flexibility index (Phi) is 7.25. The Labute approximate surface area is 143 Å². The van der Waals surface area contributed by atoms with Crippen molar-refractivity contribution < 1.29 is 18.9 Å². The van der Waals surface area contributed by atoms with E-state index in [2.05, 4.69) is 14.0 Å². The number of ether oxygens (including phenoxy) is 4. The summed E-state index contributed by atoms with van der Waals surface area (Å²) < 4.78 is 29.7. The molecular weight excluding hydrogens is 337 g/mol. The molecule has 0 bridgehead atoms. The lowest BCUT2D eigenvalue weighted by Gasteiger charge is -2.36. The van der Waals surface area contributed by atoms with Crippen LogP contribution in [0.15, 0.2) is 0 Å². The third-order valence-electron chi connectivity index (χ3n) is 4.06. The van der Waals surface area contributed by atoms with Crippen molar-refractivity contribution >= 4 is 18.3 Å². The standard InChI is InChI=1S/C14H28N3O4PS/c23-22(15-1-2-15,16-3-4-16)17-5-7-18-9-11-20-13-14-21-12-10-19-8-6-17/h1-14H2. The van der Waals surface area contributed by atoms with Crippen molar-refractivity contribution in [3.8, 4) is 0 Å². The number of hydrogen-bond donors (Lipinski definition) is 0. The van der Waals surface area contributed by atoms with Gasteiger partial charge < -0.3 is 18.9 Å². The smallest absolute Gasteiger partial charge is 0.145 e. The average molecular weight is 365 g/mol. The van der Waals surface area contributed by atoms with E-state index in [0.29, 0.717) is 52.9 Å². The minimum Gasteiger partial charge on any atom is -0.378 e. The van der Waals surface area contributed by atoms with Crippen molar-refractivity contribution in [2.45, 2.75) is 0 Å². The largest absolute Gasteiger partial charge is 0.378 e. The van der Waals surface area contributed by atoms with Gasteiger partial charge >= 0.3 is 0 Å². The van der Waals surface area contributed by atoms with E-state index in [0.717, 1.165) is 39.3 Å². The van der Waals surface area contributed by atoms with E-state index < -0.39 is 6.49 Å². The molecule has 0 N–H and O–H groups in total. The highest BCUT2D eigenvalue weighted by molar-refractivity contribution is 8.11. The highest BCUT2D eigenvalue weighted by Gasteiger charge is 2.47. The molecule has 134 valence electrons. The summed E-state index contributed by atoms with van der Waals surface area (Å²) in [5.74, 6) is 0. The van der Waals surface area contributed by atoms with Crippen LogP contribution >= 0.6 is 6.49 Å². The summed E-state index contributed by atoms with van der Waals surface area (Å²) in [7, 11) is 0. The fraction of sp³-hybridized carbons (Fsp3) is 1.00. The van der Waals surface area contributed by atoms with Gasteiger partial charge in [0.15, 0.2) is 0 Å².